The number of halogens is 1. The molecule has 2 aromatic carbocycles. The van der Waals surface area contributed by atoms with Crippen LogP contribution in [0, 0.1) is 5.41 Å². The molecule has 4 heteroatoms. The third-order valence-corrected chi connectivity index (χ3v) is 4.14. The molecule has 22 heavy (non-hydrogen) atoms. The second kappa shape index (κ2) is 7.32. The van der Waals surface area contributed by atoms with E-state index >= 15 is 0 Å². The number of guanidine groups is 1. The molecule has 2 aromatic rings. The Hall–Kier alpha value is -2.00. The fourth-order valence-electron chi connectivity index (χ4n) is 2.89. The molecule has 3 rings (SSSR count). The summed E-state index contributed by atoms with van der Waals surface area (Å²) in [5.74, 6) is 0.625. The first-order valence-corrected chi connectivity index (χ1v) is 7.38. The summed E-state index contributed by atoms with van der Waals surface area (Å²) in [7, 11) is 2.03. The maximum absolute atomic E-state index is 8.31. The zero-order chi connectivity index (χ0) is 14.7. The minimum Gasteiger partial charge on any atom is -0.341 e. The van der Waals surface area contributed by atoms with Gasteiger partial charge >= 0.3 is 0 Å². The van der Waals surface area contributed by atoms with Gasteiger partial charge in [0.1, 0.15) is 0 Å². The molecule has 116 valence electrons. The van der Waals surface area contributed by atoms with Crippen LogP contribution in [0.3, 0.4) is 0 Å². The van der Waals surface area contributed by atoms with E-state index in [9.17, 15) is 0 Å². The van der Waals surface area contributed by atoms with Gasteiger partial charge in [0.15, 0.2) is 5.96 Å². The summed E-state index contributed by atoms with van der Waals surface area (Å²) in [5.41, 5.74) is 2.60. The van der Waals surface area contributed by atoms with E-state index in [0.29, 0.717) is 12.0 Å². The number of hydrogen-bond donors (Lipinski definition) is 1. The van der Waals surface area contributed by atoms with Crippen LogP contribution in [0.5, 0.6) is 0 Å². The molecule has 0 saturated carbocycles. The summed E-state index contributed by atoms with van der Waals surface area (Å²) in [6, 6.07) is 21.3. The molecular weight excluding hydrogens is 294 g/mol. The highest BCUT2D eigenvalue weighted by Gasteiger charge is 2.31. The van der Waals surface area contributed by atoms with E-state index in [1.165, 1.54) is 11.1 Å². The Bertz CT molecular complexity index is 600. The summed E-state index contributed by atoms with van der Waals surface area (Å²) >= 11 is 0. The first-order chi connectivity index (χ1) is 10.2. The van der Waals surface area contributed by atoms with Crippen LogP contribution < -0.4 is 0 Å². The maximum Gasteiger partial charge on any atom is 0.194 e. The van der Waals surface area contributed by atoms with E-state index in [0.717, 1.165) is 19.5 Å². The Morgan fingerprint density at radius 3 is 2.09 bits per heavy atom. The van der Waals surface area contributed by atoms with E-state index in [1.54, 1.807) is 0 Å². The Balaban J connectivity index is 0.00000176. The van der Waals surface area contributed by atoms with Crippen LogP contribution in [0.4, 0.5) is 0 Å². The third kappa shape index (κ3) is 3.60. The molecule has 1 fully saturated rings. The van der Waals surface area contributed by atoms with Gasteiger partial charge in [0.25, 0.3) is 0 Å². The Labute approximate surface area is 138 Å². The van der Waals surface area contributed by atoms with E-state index in [-0.39, 0.29) is 12.4 Å². The zero-order valence-electron chi connectivity index (χ0n) is 12.8. The second-order valence-corrected chi connectivity index (χ2v) is 5.64. The molecule has 0 aromatic heterocycles. The van der Waals surface area contributed by atoms with E-state index in [2.05, 4.69) is 58.3 Å². The summed E-state index contributed by atoms with van der Waals surface area (Å²) in [6.07, 6.45) is 0.991. The topological polar surface area (TPSA) is 30.3 Å². The minimum absolute atomic E-state index is 0. The van der Waals surface area contributed by atoms with Gasteiger partial charge in [-0.3, -0.25) is 5.41 Å². The third-order valence-electron chi connectivity index (χ3n) is 4.14. The molecule has 0 aliphatic carbocycles. The quantitative estimate of drug-likeness (QED) is 0.937. The van der Waals surface area contributed by atoms with Crippen LogP contribution in [-0.4, -0.2) is 35.4 Å². The molecular formula is C18H22ClN3. The van der Waals surface area contributed by atoms with Crippen LogP contribution in [-0.2, 0) is 13.0 Å². The van der Waals surface area contributed by atoms with Crippen molar-refractivity contribution in [3.8, 4) is 0 Å². The molecule has 3 nitrogen and oxygen atoms in total. The largest absolute Gasteiger partial charge is 0.341 e. The lowest BCUT2D eigenvalue weighted by Gasteiger charge is -2.20. The molecule has 1 heterocycles. The van der Waals surface area contributed by atoms with Gasteiger partial charge in [-0.05, 0) is 17.5 Å². The highest BCUT2D eigenvalue weighted by molar-refractivity contribution is 5.85. The van der Waals surface area contributed by atoms with Crippen molar-refractivity contribution in [2.75, 3.05) is 13.6 Å². The van der Waals surface area contributed by atoms with E-state index < -0.39 is 0 Å². The number of nitrogens with zero attached hydrogens (tertiary/aromatic N) is 2. The molecule has 1 saturated heterocycles. The van der Waals surface area contributed by atoms with Gasteiger partial charge in [-0.25, -0.2) is 0 Å². The van der Waals surface area contributed by atoms with Crippen LogP contribution in [0.15, 0.2) is 60.7 Å². The Morgan fingerprint density at radius 2 is 1.50 bits per heavy atom. The molecule has 1 aliphatic heterocycles. The van der Waals surface area contributed by atoms with Crippen molar-refractivity contribution in [1.29, 1.82) is 5.41 Å². The van der Waals surface area contributed by atoms with E-state index in [1.807, 2.05) is 19.2 Å². The van der Waals surface area contributed by atoms with Gasteiger partial charge in [0.2, 0.25) is 0 Å². The average Bonchev–Trinajstić information content (AvgIpc) is 2.78. The number of benzene rings is 2. The zero-order valence-corrected chi connectivity index (χ0v) is 13.6. The van der Waals surface area contributed by atoms with Crippen molar-refractivity contribution < 1.29 is 0 Å². The average molecular weight is 316 g/mol. The van der Waals surface area contributed by atoms with Crippen molar-refractivity contribution in [3.63, 3.8) is 0 Å². The Kier molecular flexibility index (Phi) is 5.45. The number of rotatable bonds is 4. The maximum atomic E-state index is 8.31. The molecule has 1 aliphatic rings. The predicted octanol–water partition coefficient (Wildman–Crippen LogP) is 3.40. The van der Waals surface area contributed by atoms with Gasteiger partial charge in [-0.15, -0.1) is 12.4 Å². The lowest BCUT2D eigenvalue weighted by Crippen LogP contribution is -2.32. The van der Waals surface area contributed by atoms with Crippen LogP contribution in [0.2, 0.25) is 0 Å². The lowest BCUT2D eigenvalue weighted by molar-refractivity contribution is 0.381. The lowest BCUT2D eigenvalue weighted by atomic mass is 10.1. The van der Waals surface area contributed by atoms with Crippen molar-refractivity contribution in [2.24, 2.45) is 0 Å². The van der Waals surface area contributed by atoms with E-state index in [4.69, 9.17) is 5.41 Å². The number of nitrogens with one attached hydrogen (secondary N) is 1. The highest BCUT2D eigenvalue weighted by Crippen LogP contribution is 2.19. The normalized spacial score (nSPS) is 17.5. The van der Waals surface area contributed by atoms with Crippen LogP contribution in [0.25, 0.3) is 0 Å². The molecule has 1 atom stereocenters. The van der Waals surface area contributed by atoms with Gasteiger partial charge in [-0.2, -0.15) is 0 Å². The first kappa shape index (κ1) is 16.4. The van der Waals surface area contributed by atoms with Crippen molar-refractivity contribution in [1.82, 2.24) is 9.80 Å². The van der Waals surface area contributed by atoms with Gasteiger partial charge < -0.3 is 9.80 Å². The molecule has 1 N–H and O–H groups in total. The Morgan fingerprint density at radius 1 is 0.955 bits per heavy atom. The standard InChI is InChI=1S/C18H21N3.ClH/c1-20-17(12-15-8-4-2-5-9-15)14-21(18(20)19)13-16-10-6-3-7-11-16;/h2-11,17,19H,12-14H2,1H3;1H. The van der Waals surface area contributed by atoms with Crippen LogP contribution >= 0.6 is 12.4 Å². The molecule has 0 bridgehead atoms. The summed E-state index contributed by atoms with van der Waals surface area (Å²) in [4.78, 5) is 4.25. The SMILES string of the molecule is CN1C(=N)N(Cc2ccccc2)CC1Cc1ccccc1.Cl. The first-order valence-electron chi connectivity index (χ1n) is 7.38. The monoisotopic (exact) mass is 315 g/mol. The fraction of sp³-hybridized carbons (Fsp3) is 0.278. The summed E-state index contributed by atoms with van der Waals surface area (Å²) in [6.45, 7) is 1.73. The van der Waals surface area contributed by atoms with Gasteiger partial charge in [0.05, 0.1) is 6.04 Å². The van der Waals surface area contributed by atoms with Crippen molar-refractivity contribution in [2.45, 2.75) is 19.0 Å². The molecule has 0 radical (unpaired) electrons. The van der Waals surface area contributed by atoms with Gasteiger partial charge in [0, 0.05) is 20.1 Å². The number of likely N-dealkylation sites (N-methyl/N-ethyl adjacent to an activating group) is 1. The molecule has 0 amide bonds. The highest BCUT2D eigenvalue weighted by atomic mass is 35.5. The summed E-state index contributed by atoms with van der Waals surface area (Å²) in [5, 5.41) is 8.31. The van der Waals surface area contributed by atoms with Gasteiger partial charge in [-0.1, -0.05) is 60.7 Å². The molecule has 1 unspecified atom stereocenters. The minimum atomic E-state index is 0. The molecule has 0 spiro atoms. The van der Waals surface area contributed by atoms with Crippen LogP contribution in [0.1, 0.15) is 11.1 Å². The second-order valence-electron chi connectivity index (χ2n) is 5.64. The van der Waals surface area contributed by atoms with Crippen molar-refractivity contribution in [3.05, 3.63) is 71.8 Å². The predicted molar refractivity (Wildman–Crippen MR) is 93.5 cm³/mol. The smallest absolute Gasteiger partial charge is 0.194 e. The van der Waals surface area contributed by atoms with Crippen molar-refractivity contribution >= 4 is 18.4 Å². The number of hydrogen-bond acceptors (Lipinski definition) is 1. The fourth-order valence-corrected chi connectivity index (χ4v) is 2.89. The summed E-state index contributed by atoms with van der Waals surface area (Å²) < 4.78 is 0.